The van der Waals surface area contributed by atoms with E-state index < -0.39 is 5.97 Å². The molecule has 0 aliphatic carbocycles. The van der Waals surface area contributed by atoms with Crippen molar-refractivity contribution in [1.29, 1.82) is 0 Å². The number of thiophene rings is 1. The van der Waals surface area contributed by atoms with E-state index in [0.717, 1.165) is 10.4 Å². The first kappa shape index (κ1) is 12.6. The van der Waals surface area contributed by atoms with E-state index in [-0.39, 0.29) is 11.4 Å². The van der Waals surface area contributed by atoms with Crippen molar-refractivity contribution < 1.29 is 14.3 Å². The number of carbonyl (C=O) groups is 1. The van der Waals surface area contributed by atoms with Gasteiger partial charge in [-0.05, 0) is 36.8 Å². The van der Waals surface area contributed by atoms with E-state index in [1.54, 1.807) is 11.4 Å². The van der Waals surface area contributed by atoms with Gasteiger partial charge in [0.05, 0.1) is 5.56 Å². The Morgan fingerprint density at radius 3 is 2.78 bits per heavy atom. The highest BCUT2D eigenvalue weighted by Gasteiger charge is 2.06. The summed E-state index contributed by atoms with van der Waals surface area (Å²) in [5.41, 5.74) is 1.82. The molecule has 0 saturated carbocycles. The van der Waals surface area contributed by atoms with Gasteiger partial charge in [0.2, 0.25) is 0 Å². The third-order valence-electron chi connectivity index (χ3n) is 2.41. The van der Waals surface area contributed by atoms with E-state index in [1.165, 1.54) is 23.5 Å². The monoisotopic (exact) mass is 265 g/mol. The molecule has 1 aromatic carbocycles. The number of carboxylic acids is 1. The molecule has 0 saturated heterocycles. The van der Waals surface area contributed by atoms with Gasteiger partial charge in [-0.25, -0.2) is 9.18 Å². The summed E-state index contributed by atoms with van der Waals surface area (Å²) >= 11 is 1.37. The summed E-state index contributed by atoms with van der Waals surface area (Å²) in [6.07, 6.45) is 0. The topological polar surface area (TPSA) is 49.3 Å². The third kappa shape index (κ3) is 3.07. The largest absolute Gasteiger partial charge is 0.478 e. The molecular formula is C13H12FNO2S. The average Bonchev–Trinajstić information content (AvgIpc) is 2.73. The highest BCUT2D eigenvalue weighted by Crippen LogP contribution is 2.18. The molecule has 5 heteroatoms. The fourth-order valence-electron chi connectivity index (χ4n) is 1.61. The Bertz CT molecular complexity index is 560. The van der Waals surface area contributed by atoms with Crippen LogP contribution in [0.1, 0.15) is 20.8 Å². The smallest absolute Gasteiger partial charge is 0.336 e. The second-order valence-electron chi connectivity index (χ2n) is 3.98. The molecular weight excluding hydrogens is 253 g/mol. The zero-order valence-corrected chi connectivity index (χ0v) is 10.6. The maximum Gasteiger partial charge on any atom is 0.336 e. The van der Waals surface area contributed by atoms with Crippen LogP contribution in [0.5, 0.6) is 0 Å². The maximum atomic E-state index is 13.1. The molecule has 94 valence electrons. The second kappa shape index (κ2) is 5.18. The van der Waals surface area contributed by atoms with Crippen molar-refractivity contribution >= 4 is 23.0 Å². The number of halogens is 1. The fourth-order valence-corrected chi connectivity index (χ4v) is 2.41. The summed E-state index contributed by atoms with van der Waals surface area (Å²) in [6, 6.07) is 6.33. The van der Waals surface area contributed by atoms with E-state index in [2.05, 4.69) is 5.32 Å². The van der Waals surface area contributed by atoms with E-state index >= 15 is 0 Å². The van der Waals surface area contributed by atoms with E-state index in [4.69, 9.17) is 5.11 Å². The Kier molecular flexibility index (Phi) is 3.62. The van der Waals surface area contributed by atoms with E-state index in [1.807, 2.05) is 13.0 Å². The van der Waals surface area contributed by atoms with Gasteiger partial charge in [0.1, 0.15) is 5.82 Å². The molecule has 2 N–H and O–H groups in total. The Balaban J connectivity index is 2.04. The molecule has 0 atom stereocenters. The number of nitrogens with one attached hydrogen (secondary N) is 1. The standard InChI is InChI=1S/C13H12FNO2S/c1-8-2-10(14)5-11(3-8)15-6-12-4-9(7-18-12)13(16)17/h2-5,7,15H,6H2,1H3,(H,16,17). The Morgan fingerprint density at radius 2 is 2.17 bits per heavy atom. The molecule has 1 heterocycles. The van der Waals surface area contributed by atoms with Crippen LogP contribution in [0.15, 0.2) is 29.6 Å². The summed E-state index contributed by atoms with van der Waals surface area (Å²) in [7, 11) is 0. The quantitative estimate of drug-likeness (QED) is 0.889. The van der Waals surface area contributed by atoms with Gasteiger partial charge >= 0.3 is 5.97 Å². The fraction of sp³-hybridized carbons (Fsp3) is 0.154. The number of aryl methyl sites for hydroxylation is 1. The minimum atomic E-state index is -0.931. The average molecular weight is 265 g/mol. The zero-order valence-electron chi connectivity index (χ0n) is 9.74. The van der Waals surface area contributed by atoms with E-state index in [0.29, 0.717) is 12.2 Å². The van der Waals surface area contributed by atoms with Gasteiger partial charge in [-0.2, -0.15) is 0 Å². The van der Waals surface area contributed by atoms with Crippen molar-refractivity contribution in [1.82, 2.24) is 0 Å². The molecule has 0 spiro atoms. The molecule has 18 heavy (non-hydrogen) atoms. The first-order chi connectivity index (χ1) is 8.54. The molecule has 0 bridgehead atoms. The van der Waals surface area contributed by atoms with Crippen molar-refractivity contribution in [2.45, 2.75) is 13.5 Å². The van der Waals surface area contributed by atoms with Crippen LogP contribution in [0, 0.1) is 12.7 Å². The van der Waals surface area contributed by atoms with Crippen LogP contribution in [0.2, 0.25) is 0 Å². The number of benzene rings is 1. The SMILES string of the molecule is Cc1cc(F)cc(NCc2cc(C(=O)O)cs2)c1. The summed E-state index contributed by atoms with van der Waals surface area (Å²) in [6.45, 7) is 2.31. The molecule has 1 aromatic heterocycles. The van der Waals surface area contributed by atoms with Gasteiger partial charge in [-0.3, -0.25) is 0 Å². The maximum absolute atomic E-state index is 13.1. The van der Waals surface area contributed by atoms with Crippen LogP contribution in [-0.2, 0) is 6.54 Å². The van der Waals surface area contributed by atoms with E-state index in [9.17, 15) is 9.18 Å². The lowest BCUT2D eigenvalue weighted by atomic mass is 10.2. The van der Waals surface area contributed by atoms with Crippen molar-refractivity contribution in [2.24, 2.45) is 0 Å². The lowest BCUT2D eigenvalue weighted by molar-refractivity contribution is 0.0697. The first-order valence-electron chi connectivity index (χ1n) is 5.36. The molecule has 2 rings (SSSR count). The van der Waals surface area contributed by atoms with Crippen LogP contribution in [-0.4, -0.2) is 11.1 Å². The second-order valence-corrected chi connectivity index (χ2v) is 4.97. The number of hydrogen-bond acceptors (Lipinski definition) is 3. The molecule has 0 unspecified atom stereocenters. The minimum Gasteiger partial charge on any atom is -0.478 e. The molecule has 2 aromatic rings. The van der Waals surface area contributed by atoms with Gasteiger partial charge < -0.3 is 10.4 Å². The summed E-state index contributed by atoms with van der Waals surface area (Å²) in [5.74, 6) is -1.21. The third-order valence-corrected chi connectivity index (χ3v) is 3.35. The number of hydrogen-bond donors (Lipinski definition) is 2. The van der Waals surface area contributed by atoms with Gasteiger partial charge in [0, 0.05) is 22.5 Å². The first-order valence-corrected chi connectivity index (χ1v) is 6.24. The molecule has 0 amide bonds. The summed E-state index contributed by atoms with van der Waals surface area (Å²) in [4.78, 5) is 11.6. The van der Waals surface area contributed by atoms with Crippen molar-refractivity contribution in [3.05, 3.63) is 51.5 Å². The Labute approximate surface area is 108 Å². The van der Waals surface area contributed by atoms with Crippen molar-refractivity contribution in [2.75, 3.05) is 5.32 Å². The summed E-state index contributed by atoms with van der Waals surface area (Å²) in [5, 5.41) is 13.5. The molecule has 0 radical (unpaired) electrons. The van der Waals surface area contributed by atoms with Crippen LogP contribution in [0.4, 0.5) is 10.1 Å². The van der Waals surface area contributed by atoms with Gasteiger partial charge in [-0.15, -0.1) is 11.3 Å². The number of aromatic carboxylic acids is 1. The van der Waals surface area contributed by atoms with Gasteiger partial charge in [-0.1, -0.05) is 0 Å². The van der Waals surface area contributed by atoms with Crippen LogP contribution < -0.4 is 5.32 Å². The molecule has 0 aliphatic heterocycles. The van der Waals surface area contributed by atoms with Gasteiger partial charge in [0.25, 0.3) is 0 Å². The van der Waals surface area contributed by atoms with Crippen molar-refractivity contribution in [3.8, 4) is 0 Å². The van der Waals surface area contributed by atoms with Gasteiger partial charge in [0.15, 0.2) is 0 Å². The lowest BCUT2D eigenvalue weighted by Gasteiger charge is -2.06. The molecule has 0 fully saturated rings. The number of anilines is 1. The zero-order chi connectivity index (χ0) is 13.1. The highest BCUT2D eigenvalue weighted by molar-refractivity contribution is 7.10. The summed E-state index contributed by atoms with van der Waals surface area (Å²) < 4.78 is 13.1. The van der Waals surface area contributed by atoms with Crippen molar-refractivity contribution in [3.63, 3.8) is 0 Å². The Hall–Kier alpha value is -1.88. The van der Waals surface area contributed by atoms with Crippen LogP contribution in [0.3, 0.4) is 0 Å². The Morgan fingerprint density at radius 1 is 1.39 bits per heavy atom. The lowest BCUT2D eigenvalue weighted by Crippen LogP contribution is -1.99. The number of carboxylic acid groups (broad SMARTS) is 1. The minimum absolute atomic E-state index is 0.282. The molecule has 3 nitrogen and oxygen atoms in total. The van der Waals surface area contributed by atoms with Crippen LogP contribution >= 0.6 is 11.3 Å². The highest BCUT2D eigenvalue weighted by atomic mass is 32.1. The predicted molar refractivity (Wildman–Crippen MR) is 69.7 cm³/mol. The normalized spacial score (nSPS) is 10.3. The molecule has 0 aliphatic rings. The van der Waals surface area contributed by atoms with Crippen LogP contribution in [0.25, 0.3) is 0 Å². The predicted octanol–water partition coefficient (Wildman–Crippen LogP) is 3.51. The number of rotatable bonds is 4.